The summed E-state index contributed by atoms with van der Waals surface area (Å²) in [5.41, 5.74) is 1.19. The minimum atomic E-state index is -3.77. The molecule has 0 aliphatic rings. The van der Waals surface area contributed by atoms with E-state index in [1.807, 2.05) is 0 Å². The van der Waals surface area contributed by atoms with E-state index in [1.165, 1.54) is 26.3 Å². The summed E-state index contributed by atoms with van der Waals surface area (Å²) in [6.07, 6.45) is 0. The summed E-state index contributed by atoms with van der Waals surface area (Å²) in [5.74, 6) is -0.0967. The molecule has 6 nitrogen and oxygen atoms in total. The lowest BCUT2D eigenvalue weighted by atomic mass is 10.2. The number of carbonyl (C=O) groups excluding carboxylic acids is 1. The second-order valence-electron chi connectivity index (χ2n) is 5.56. The molecule has 0 radical (unpaired) electrons. The summed E-state index contributed by atoms with van der Waals surface area (Å²) in [5, 5.41) is 3.17. The third-order valence-corrected chi connectivity index (χ3v) is 6.40. The van der Waals surface area contributed by atoms with Gasteiger partial charge in [0, 0.05) is 22.6 Å². The number of amides is 1. The normalized spacial score (nSPS) is 11.5. The van der Waals surface area contributed by atoms with E-state index in [2.05, 4.69) is 21.2 Å². The first kappa shape index (κ1) is 20.7. The topological polar surface area (TPSA) is 75.7 Å². The van der Waals surface area contributed by atoms with Gasteiger partial charge in [0.05, 0.1) is 24.2 Å². The van der Waals surface area contributed by atoms with E-state index in [4.69, 9.17) is 16.3 Å². The molecule has 0 aromatic heterocycles. The molecule has 2 aromatic carbocycles. The fraction of sp³-hybridized carbons (Fsp3) is 0.235. The van der Waals surface area contributed by atoms with E-state index in [0.29, 0.717) is 16.5 Å². The van der Waals surface area contributed by atoms with Gasteiger partial charge in [-0.15, -0.1) is 0 Å². The first-order chi connectivity index (χ1) is 12.1. The molecule has 1 amide bonds. The number of nitrogens with one attached hydrogen (secondary N) is 1. The van der Waals surface area contributed by atoms with Crippen molar-refractivity contribution in [1.82, 2.24) is 4.31 Å². The predicted molar refractivity (Wildman–Crippen MR) is 105 cm³/mol. The lowest BCUT2D eigenvalue weighted by Crippen LogP contribution is -2.35. The fourth-order valence-corrected chi connectivity index (χ4v) is 3.74. The van der Waals surface area contributed by atoms with Gasteiger partial charge in [-0.25, -0.2) is 8.42 Å². The van der Waals surface area contributed by atoms with Crippen molar-refractivity contribution < 1.29 is 17.9 Å². The highest BCUT2D eigenvalue weighted by Crippen LogP contribution is 2.31. The Balaban J connectivity index is 2.14. The zero-order chi connectivity index (χ0) is 19.5. The molecule has 2 rings (SSSR count). The quantitative estimate of drug-likeness (QED) is 0.712. The van der Waals surface area contributed by atoms with Crippen LogP contribution in [0.5, 0.6) is 5.75 Å². The van der Waals surface area contributed by atoms with E-state index < -0.39 is 15.9 Å². The molecule has 26 heavy (non-hydrogen) atoms. The Bertz CT molecular complexity index is 917. The van der Waals surface area contributed by atoms with Crippen molar-refractivity contribution in [2.75, 3.05) is 26.0 Å². The molecule has 0 atom stereocenters. The zero-order valence-electron chi connectivity index (χ0n) is 14.4. The monoisotopic (exact) mass is 460 g/mol. The molecule has 9 heteroatoms. The van der Waals surface area contributed by atoms with Gasteiger partial charge in [-0.3, -0.25) is 4.79 Å². The van der Waals surface area contributed by atoms with Crippen molar-refractivity contribution in [2.24, 2.45) is 0 Å². The van der Waals surface area contributed by atoms with Crippen LogP contribution in [0, 0.1) is 6.92 Å². The number of likely N-dealkylation sites (N-methyl/N-ethyl adjacent to an activating group) is 1. The van der Waals surface area contributed by atoms with Gasteiger partial charge in [-0.05, 0) is 42.8 Å². The Morgan fingerprint density at radius 3 is 2.46 bits per heavy atom. The summed E-state index contributed by atoms with van der Waals surface area (Å²) >= 11 is 9.30. The molecular weight excluding hydrogens is 444 g/mol. The largest absolute Gasteiger partial charge is 0.495 e. The number of ether oxygens (including phenoxy) is 1. The molecule has 1 N–H and O–H groups in total. The number of halogens is 2. The van der Waals surface area contributed by atoms with Crippen LogP contribution < -0.4 is 10.1 Å². The maximum absolute atomic E-state index is 12.5. The molecule has 0 saturated heterocycles. The van der Waals surface area contributed by atoms with Crippen LogP contribution in [0.15, 0.2) is 45.8 Å². The van der Waals surface area contributed by atoms with Gasteiger partial charge in [0.15, 0.2) is 0 Å². The lowest BCUT2D eigenvalue weighted by molar-refractivity contribution is -0.116. The van der Waals surface area contributed by atoms with Crippen LogP contribution in [0.3, 0.4) is 0 Å². The van der Waals surface area contributed by atoms with Gasteiger partial charge in [0.2, 0.25) is 15.9 Å². The summed E-state index contributed by atoms with van der Waals surface area (Å²) in [6, 6.07) is 9.46. The van der Waals surface area contributed by atoms with Crippen molar-refractivity contribution in [3.63, 3.8) is 0 Å². The van der Waals surface area contributed by atoms with Gasteiger partial charge < -0.3 is 10.1 Å². The van der Waals surface area contributed by atoms with Crippen LogP contribution in [0.4, 0.5) is 5.69 Å². The fourth-order valence-electron chi connectivity index (χ4n) is 2.19. The van der Waals surface area contributed by atoms with Crippen molar-refractivity contribution in [3.8, 4) is 5.75 Å². The Labute approximate surface area is 166 Å². The van der Waals surface area contributed by atoms with Crippen LogP contribution in [0.2, 0.25) is 5.02 Å². The van der Waals surface area contributed by atoms with Crippen molar-refractivity contribution in [1.29, 1.82) is 0 Å². The van der Waals surface area contributed by atoms with Crippen LogP contribution in [-0.4, -0.2) is 39.3 Å². The molecule has 2 aromatic rings. The van der Waals surface area contributed by atoms with Gasteiger partial charge in [-0.2, -0.15) is 4.31 Å². The average Bonchev–Trinajstić information content (AvgIpc) is 2.58. The van der Waals surface area contributed by atoms with Gasteiger partial charge in [0.25, 0.3) is 0 Å². The minimum absolute atomic E-state index is 0.107. The number of methoxy groups -OCH3 is 1. The Morgan fingerprint density at radius 1 is 1.27 bits per heavy atom. The van der Waals surface area contributed by atoms with Crippen molar-refractivity contribution in [2.45, 2.75) is 11.8 Å². The molecule has 0 heterocycles. The van der Waals surface area contributed by atoms with Gasteiger partial charge >= 0.3 is 0 Å². The van der Waals surface area contributed by atoms with Crippen LogP contribution in [0.1, 0.15) is 5.56 Å². The van der Waals surface area contributed by atoms with E-state index >= 15 is 0 Å². The molecule has 0 aliphatic heterocycles. The summed E-state index contributed by atoms with van der Waals surface area (Å²) in [4.78, 5) is 12.4. The summed E-state index contributed by atoms with van der Waals surface area (Å²) < 4.78 is 32.0. The molecule has 0 unspecified atom stereocenters. The highest BCUT2D eigenvalue weighted by Gasteiger charge is 2.23. The maximum Gasteiger partial charge on any atom is 0.243 e. The van der Waals surface area contributed by atoms with Gasteiger partial charge in [0.1, 0.15) is 5.75 Å². The van der Waals surface area contributed by atoms with Crippen LogP contribution in [-0.2, 0) is 14.8 Å². The zero-order valence-corrected chi connectivity index (χ0v) is 17.6. The highest BCUT2D eigenvalue weighted by molar-refractivity contribution is 9.10. The average molecular weight is 462 g/mol. The Hall–Kier alpha value is -1.61. The number of anilines is 1. The number of aryl methyl sites for hydroxylation is 1. The smallest absolute Gasteiger partial charge is 0.243 e. The number of nitrogens with zero attached hydrogens (tertiary/aromatic N) is 1. The van der Waals surface area contributed by atoms with Crippen molar-refractivity contribution >= 4 is 49.1 Å². The molecular formula is C17H18BrClN2O4S. The number of hydrogen-bond acceptors (Lipinski definition) is 4. The summed E-state index contributed by atoms with van der Waals surface area (Å²) in [7, 11) is -0.967. The van der Waals surface area contributed by atoms with Crippen LogP contribution >= 0.6 is 27.5 Å². The predicted octanol–water partition coefficient (Wildman–Crippen LogP) is 3.68. The second kappa shape index (κ2) is 8.39. The Kier molecular flexibility index (Phi) is 6.68. The summed E-state index contributed by atoms with van der Waals surface area (Å²) in [6.45, 7) is 1.45. The van der Waals surface area contributed by atoms with E-state index in [1.54, 1.807) is 31.2 Å². The number of hydrogen-bond donors (Lipinski definition) is 1. The second-order valence-corrected chi connectivity index (χ2v) is 8.93. The number of sulfonamides is 1. The molecule has 0 saturated carbocycles. The Morgan fingerprint density at radius 2 is 1.88 bits per heavy atom. The molecule has 140 valence electrons. The first-order valence-corrected chi connectivity index (χ1v) is 10.1. The third-order valence-electron chi connectivity index (χ3n) is 3.64. The van der Waals surface area contributed by atoms with Gasteiger partial charge in [-0.1, -0.05) is 27.5 Å². The number of carbonyl (C=O) groups is 1. The standard InChI is InChI=1S/C17H18BrClN2O4S/c1-11-8-15(16(25-3)9-14(11)19)20-17(22)10-21(2)26(23,24)13-6-4-12(18)5-7-13/h4-9H,10H2,1-3H3,(H,20,22). The van der Waals surface area contributed by atoms with E-state index in [-0.39, 0.29) is 11.4 Å². The molecule has 0 aliphatic carbocycles. The van der Waals surface area contributed by atoms with E-state index in [0.717, 1.165) is 14.3 Å². The highest BCUT2D eigenvalue weighted by atomic mass is 79.9. The number of benzene rings is 2. The van der Waals surface area contributed by atoms with E-state index in [9.17, 15) is 13.2 Å². The van der Waals surface area contributed by atoms with Crippen LogP contribution in [0.25, 0.3) is 0 Å². The molecule has 0 fully saturated rings. The third kappa shape index (κ3) is 4.76. The minimum Gasteiger partial charge on any atom is -0.495 e. The first-order valence-electron chi connectivity index (χ1n) is 7.51. The van der Waals surface area contributed by atoms with Crippen molar-refractivity contribution in [3.05, 3.63) is 51.5 Å². The number of rotatable bonds is 6. The SMILES string of the molecule is COc1cc(Cl)c(C)cc1NC(=O)CN(C)S(=O)(=O)c1ccc(Br)cc1. The maximum atomic E-state index is 12.5. The molecule has 0 bridgehead atoms. The lowest BCUT2D eigenvalue weighted by Gasteiger charge is -2.18. The molecule has 0 spiro atoms.